The van der Waals surface area contributed by atoms with Gasteiger partial charge in [0.1, 0.15) is 0 Å². The number of nitrogens with zero attached hydrogens (tertiary/aromatic N) is 1. The second-order valence-corrected chi connectivity index (χ2v) is 6.24. The van der Waals surface area contributed by atoms with Crippen LogP contribution in [0.3, 0.4) is 0 Å². The van der Waals surface area contributed by atoms with Crippen molar-refractivity contribution in [2.24, 2.45) is 5.92 Å². The number of piperidine rings is 1. The molecule has 2 aliphatic heterocycles. The van der Waals surface area contributed by atoms with Crippen molar-refractivity contribution in [2.45, 2.75) is 32.2 Å². The molecule has 2 heterocycles. The Kier molecular flexibility index (Phi) is 4.16. The van der Waals surface area contributed by atoms with Crippen LogP contribution in [-0.2, 0) is 11.2 Å². The second kappa shape index (κ2) is 6.08. The summed E-state index contributed by atoms with van der Waals surface area (Å²) in [7, 11) is 0. The quantitative estimate of drug-likeness (QED) is 0.833. The van der Waals surface area contributed by atoms with Crippen LogP contribution in [0.4, 0.5) is 5.69 Å². The van der Waals surface area contributed by atoms with Gasteiger partial charge >= 0.3 is 5.97 Å². The van der Waals surface area contributed by atoms with Crippen LogP contribution in [0, 0.1) is 5.92 Å². The number of hydrogen-bond donors (Lipinski definition) is 2. The first-order valence-electron chi connectivity index (χ1n) is 7.94. The number of fused-ring (bicyclic) bond motifs is 1. The molecular formula is C17H22N2O3. The number of carboxylic acid groups (broad SMARTS) is 1. The number of aliphatic carboxylic acids is 1. The molecule has 1 unspecified atom stereocenters. The van der Waals surface area contributed by atoms with Gasteiger partial charge in [-0.3, -0.25) is 14.5 Å². The molecule has 1 atom stereocenters. The SMILES string of the molecule is CC(C(=O)c1ccc2c(c1)CCN2)N1CCC(C(=O)O)CC1. The van der Waals surface area contributed by atoms with Crippen LogP contribution in [0.1, 0.15) is 35.7 Å². The third kappa shape index (κ3) is 2.86. The van der Waals surface area contributed by atoms with Crippen molar-refractivity contribution in [1.29, 1.82) is 0 Å². The van der Waals surface area contributed by atoms with Crippen LogP contribution in [-0.4, -0.2) is 47.4 Å². The highest BCUT2D eigenvalue weighted by atomic mass is 16.4. The minimum absolute atomic E-state index is 0.128. The highest BCUT2D eigenvalue weighted by Gasteiger charge is 2.30. The van der Waals surface area contributed by atoms with E-state index in [0.717, 1.165) is 24.2 Å². The van der Waals surface area contributed by atoms with Gasteiger partial charge in [0.25, 0.3) is 0 Å². The molecule has 5 nitrogen and oxygen atoms in total. The lowest BCUT2D eigenvalue weighted by Crippen LogP contribution is -2.45. The first-order chi connectivity index (χ1) is 10.6. The van der Waals surface area contributed by atoms with Gasteiger partial charge in [-0.25, -0.2) is 0 Å². The van der Waals surface area contributed by atoms with Crippen molar-refractivity contribution in [3.8, 4) is 0 Å². The molecule has 5 heteroatoms. The van der Waals surface area contributed by atoms with Gasteiger partial charge in [-0.15, -0.1) is 0 Å². The molecule has 3 rings (SSSR count). The van der Waals surface area contributed by atoms with Crippen LogP contribution in [0.15, 0.2) is 18.2 Å². The van der Waals surface area contributed by atoms with Crippen molar-refractivity contribution in [2.75, 3.05) is 25.0 Å². The highest BCUT2D eigenvalue weighted by Crippen LogP contribution is 2.25. The molecular weight excluding hydrogens is 280 g/mol. The molecule has 0 bridgehead atoms. The van der Waals surface area contributed by atoms with Gasteiger partial charge in [0.15, 0.2) is 5.78 Å². The topological polar surface area (TPSA) is 69.6 Å². The zero-order valence-electron chi connectivity index (χ0n) is 12.8. The molecule has 2 aliphatic rings. The summed E-state index contributed by atoms with van der Waals surface area (Å²) < 4.78 is 0. The number of anilines is 1. The maximum atomic E-state index is 12.7. The molecule has 118 valence electrons. The molecule has 1 fully saturated rings. The molecule has 2 N–H and O–H groups in total. The Morgan fingerprint density at radius 2 is 2.05 bits per heavy atom. The van der Waals surface area contributed by atoms with E-state index in [2.05, 4.69) is 10.2 Å². The lowest BCUT2D eigenvalue weighted by molar-refractivity contribution is -0.143. The van der Waals surface area contributed by atoms with E-state index in [1.54, 1.807) is 0 Å². The number of hydrogen-bond acceptors (Lipinski definition) is 4. The van der Waals surface area contributed by atoms with Crippen LogP contribution < -0.4 is 5.32 Å². The summed E-state index contributed by atoms with van der Waals surface area (Å²) in [6, 6.07) is 5.68. The number of nitrogens with one attached hydrogen (secondary N) is 1. The van der Waals surface area contributed by atoms with E-state index in [1.165, 1.54) is 5.56 Å². The summed E-state index contributed by atoms with van der Waals surface area (Å²) in [5, 5.41) is 12.3. The maximum absolute atomic E-state index is 12.7. The summed E-state index contributed by atoms with van der Waals surface area (Å²) in [5.74, 6) is -0.849. The summed E-state index contributed by atoms with van der Waals surface area (Å²) in [6.45, 7) is 4.22. The average Bonchev–Trinajstić information content (AvgIpc) is 3.01. The largest absolute Gasteiger partial charge is 0.481 e. The van der Waals surface area contributed by atoms with Crippen LogP contribution in [0.25, 0.3) is 0 Å². The van der Waals surface area contributed by atoms with Gasteiger partial charge in [0.2, 0.25) is 0 Å². The highest BCUT2D eigenvalue weighted by molar-refractivity contribution is 6.00. The molecule has 0 aromatic heterocycles. The number of ketones is 1. The Morgan fingerprint density at radius 1 is 1.32 bits per heavy atom. The van der Waals surface area contributed by atoms with Crippen molar-refractivity contribution < 1.29 is 14.7 Å². The van der Waals surface area contributed by atoms with Gasteiger partial charge in [0, 0.05) is 17.8 Å². The van der Waals surface area contributed by atoms with Crippen molar-refractivity contribution in [3.63, 3.8) is 0 Å². The molecule has 0 spiro atoms. The Balaban J connectivity index is 1.66. The number of rotatable bonds is 4. The molecule has 0 radical (unpaired) electrons. The van der Waals surface area contributed by atoms with E-state index >= 15 is 0 Å². The number of carboxylic acids is 1. The first-order valence-corrected chi connectivity index (χ1v) is 7.94. The van der Waals surface area contributed by atoms with Crippen molar-refractivity contribution >= 4 is 17.4 Å². The fourth-order valence-electron chi connectivity index (χ4n) is 3.40. The molecule has 1 aromatic carbocycles. The minimum Gasteiger partial charge on any atom is -0.481 e. The maximum Gasteiger partial charge on any atom is 0.306 e. The number of carbonyl (C=O) groups is 2. The van der Waals surface area contributed by atoms with E-state index in [0.29, 0.717) is 25.9 Å². The monoisotopic (exact) mass is 302 g/mol. The molecule has 1 aromatic rings. The zero-order valence-corrected chi connectivity index (χ0v) is 12.8. The number of likely N-dealkylation sites (tertiary alicyclic amines) is 1. The molecule has 22 heavy (non-hydrogen) atoms. The fraction of sp³-hybridized carbons (Fsp3) is 0.529. The Bertz CT molecular complexity index is 592. The summed E-state index contributed by atoms with van der Waals surface area (Å²) >= 11 is 0. The standard InChI is InChI=1S/C17H22N2O3/c1-11(19-8-5-12(6-9-19)17(21)22)16(20)14-2-3-15-13(10-14)4-7-18-15/h2-3,10-12,18H,4-9H2,1H3,(H,21,22). The smallest absolute Gasteiger partial charge is 0.306 e. The Hall–Kier alpha value is -1.88. The fourth-order valence-corrected chi connectivity index (χ4v) is 3.40. The van der Waals surface area contributed by atoms with E-state index in [-0.39, 0.29) is 17.7 Å². The third-order valence-electron chi connectivity index (χ3n) is 4.91. The van der Waals surface area contributed by atoms with E-state index in [1.807, 2.05) is 25.1 Å². The minimum atomic E-state index is -0.718. The number of Topliss-reactive ketones (excluding diaryl/α,β-unsaturated/α-hetero) is 1. The number of carbonyl (C=O) groups excluding carboxylic acids is 1. The number of benzene rings is 1. The molecule has 0 saturated carbocycles. The Morgan fingerprint density at radius 3 is 2.73 bits per heavy atom. The lowest BCUT2D eigenvalue weighted by Gasteiger charge is -2.34. The molecule has 0 amide bonds. The summed E-state index contributed by atoms with van der Waals surface area (Å²) in [4.78, 5) is 25.8. The zero-order chi connectivity index (χ0) is 15.7. The molecule has 0 aliphatic carbocycles. The lowest BCUT2D eigenvalue weighted by atomic mass is 9.94. The van der Waals surface area contributed by atoms with Crippen LogP contribution in [0.2, 0.25) is 0 Å². The van der Waals surface area contributed by atoms with Crippen molar-refractivity contribution in [1.82, 2.24) is 4.90 Å². The second-order valence-electron chi connectivity index (χ2n) is 6.24. The Labute approximate surface area is 130 Å². The predicted octanol–water partition coefficient (Wildman–Crippen LogP) is 2.02. The van der Waals surface area contributed by atoms with Gasteiger partial charge in [-0.05, 0) is 63.0 Å². The summed E-state index contributed by atoms with van der Waals surface area (Å²) in [6.07, 6.45) is 2.22. The van der Waals surface area contributed by atoms with Crippen LogP contribution >= 0.6 is 0 Å². The normalized spacial score (nSPS) is 20.2. The van der Waals surface area contributed by atoms with Gasteiger partial charge in [0.05, 0.1) is 12.0 Å². The van der Waals surface area contributed by atoms with Gasteiger partial charge in [-0.2, -0.15) is 0 Å². The van der Waals surface area contributed by atoms with Crippen LogP contribution in [0.5, 0.6) is 0 Å². The summed E-state index contributed by atoms with van der Waals surface area (Å²) in [5.41, 5.74) is 3.10. The first kappa shape index (κ1) is 15.0. The molecule has 1 saturated heterocycles. The van der Waals surface area contributed by atoms with Crippen molar-refractivity contribution in [3.05, 3.63) is 29.3 Å². The van der Waals surface area contributed by atoms with Gasteiger partial charge < -0.3 is 10.4 Å². The van der Waals surface area contributed by atoms with E-state index < -0.39 is 5.97 Å². The third-order valence-corrected chi connectivity index (χ3v) is 4.91. The average molecular weight is 302 g/mol. The van der Waals surface area contributed by atoms with Gasteiger partial charge in [-0.1, -0.05) is 0 Å². The predicted molar refractivity (Wildman–Crippen MR) is 84.4 cm³/mol. The van der Waals surface area contributed by atoms with E-state index in [9.17, 15) is 9.59 Å². The van der Waals surface area contributed by atoms with E-state index in [4.69, 9.17) is 5.11 Å².